The van der Waals surface area contributed by atoms with Crippen LogP contribution in [0.25, 0.3) is 0 Å². The molecule has 0 spiro atoms. The lowest BCUT2D eigenvalue weighted by atomic mass is 10.3. The summed E-state index contributed by atoms with van der Waals surface area (Å²) < 4.78 is 49.3. The van der Waals surface area contributed by atoms with Crippen LogP contribution in [-0.2, 0) is 4.74 Å². The van der Waals surface area contributed by atoms with Gasteiger partial charge in [0.05, 0.1) is 6.61 Å². The Morgan fingerprint density at radius 3 is 2.20 bits per heavy atom. The van der Waals surface area contributed by atoms with Gasteiger partial charge in [-0.2, -0.15) is 8.78 Å². The minimum atomic E-state index is -3.17. The zero-order valence-electron chi connectivity index (χ0n) is 5.12. The molecule has 1 radical (unpaired) electrons. The first-order chi connectivity index (χ1) is 4.42. The van der Waals surface area contributed by atoms with E-state index in [0.717, 1.165) is 0 Å². The maximum absolute atomic E-state index is 11.7. The third-order valence-corrected chi connectivity index (χ3v) is 0.712. The largest absolute Gasteiger partial charge is 0.345 e. The van der Waals surface area contributed by atoms with Gasteiger partial charge in [-0.25, -0.2) is 8.78 Å². The maximum atomic E-state index is 11.7. The first kappa shape index (κ1) is 9.68. The quantitative estimate of drug-likeness (QED) is 0.570. The molecule has 0 heterocycles. The minimum Gasteiger partial charge on any atom is -0.323 e. The van der Waals surface area contributed by atoms with Crippen molar-refractivity contribution in [3.05, 3.63) is 6.92 Å². The SMILES string of the molecule is [CH2]C(F)(F)CCOC(F)F. The number of hydrogen-bond donors (Lipinski definition) is 0. The molecule has 5 heteroatoms. The van der Waals surface area contributed by atoms with Crippen LogP contribution in [0.2, 0.25) is 0 Å². The fourth-order valence-corrected chi connectivity index (χ4v) is 0.297. The van der Waals surface area contributed by atoms with E-state index < -0.39 is 25.6 Å². The molecule has 0 amide bonds. The molecule has 0 fully saturated rings. The number of ether oxygens (including phenoxy) is 1. The standard InChI is InChI=1S/C5H7F4O/c1-5(8,9)2-3-10-4(6)7/h4H,1-3H2. The van der Waals surface area contributed by atoms with Gasteiger partial charge >= 0.3 is 6.61 Å². The Kier molecular flexibility index (Phi) is 3.63. The fraction of sp³-hybridized carbons (Fsp3) is 0.800. The molecule has 0 bridgehead atoms. The first-order valence-electron chi connectivity index (χ1n) is 2.55. The van der Waals surface area contributed by atoms with Gasteiger partial charge in [-0.1, -0.05) is 0 Å². The Hall–Kier alpha value is -0.320. The Morgan fingerprint density at radius 2 is 1.90 bits per heavy atom. The highest BCUT2D eigenvalue weighted by molar-refractivity contribution is 4.66. The van der Waals surface area contributed by atoms with Gasteiger partial charge in [0.2, 0.25) is 0 Å². The van der Waals surface area contributed by atoms with Crippen LogP contribution >= 0.6 is 0 Å². The van der Waals surface area contributed by atoms with E-state index >= 15 is 0 Å². The van der Waals surface area contributed by atoms with Gasteiger partial charge in [-0.15, -0.1) is 0 Å². The summed E-state index contributed by atoms with van der Waals surface area (Å²) >= 11 is 0. The number of hydrogen-bond acceptors (Lipinski definition) is 1. The van der Waals surface area contributed by atoms with Crippen molar-refractivity contribution >= 4 is 0 Å². The Bertz CT molecular complexity index is 88.1. The van der Waals surface area contributed by atoms with Crippen LogP contribution < -0.4 is 0 Å². The van der Waals surface area contributed by atoms with Gasteiger partial charge in [-0.05, 0) is 0 Å². The van der Waals surface area contributed by atoms with Crippen molar-refractivity contribution in [2.24, 2.45) is 0 Å². The average molecular weight is 159 g/mol. The summed E-state index contributed by atoms with van der Waals surface area (Å²) in [6, 6.07) is 0. The lowest BCUT2D eigenvalue weighted by Gasteiger charge is -2.08. The summed E-state index contributed by atoms with van der Waals surface area (Å²) in [5.74, 6) is -3.17. The predicted molar refractivity (Wildman–Crippen MR) is 26.9 cm³/mol. The van der Waals surface area contributed by atoms with Crippen molar-refractivity contribution in [2.75, 3.05) is 6.61 Å². The minimum absolute atomic E-state index is 0.672. The molecule has 10 heavy (non-hydrogen) atoms. The zero-order chi connectivity index (χ0) is 8.20. The predicted octanol–water partition coefficient (Wildman–Crippen LogP) is 2.09. The number of halogens is 4. The molecule has 0 aromatic heterocycles. The smallest absolute Gasteiger partial charge is 0.323 e. The monoisotopic (exact) mass is 159 g/mol. The molecule has 0 aliphatic carbocycles. The lowest BCUT2D eigenvalue weighted by molar-refractivity contribution is -0.139. The molecular formula is C5H7F4O. The zero-order valence-corrected chi connectivity index (χ0v) is 5.12. The molecule has 0 saturated heterocycles. The molecule has 0 atom stereocenters. The van der Waals surface area contributed by atoms with Crippen LogP contribution in [0.15, 0.2) is 0 Å². The van der Waals surface area contributed by atoms with E-state index in [1.165, 1.54) is 0 Å². The van der Waals surface area contributed by atoms with Crippen LogP contribution in [-0.4, -0.2) is 19.1 Å². The van der Waals surface area contributed by atoms with Crippen molar-refractivity contribution in [1.29, 1.82) is 0 Å². The lowest BCUT2D eigenvalue weighted by Crippen LogP contribution is -2.15. The van der Waals surface area contributed by atoms with Crippen molar-refractivity contribution < 1.29 is 22.3 Å². The highest BCUT2D eigenvalue weighted by Gasteiger charge is 2.21. The summed E-state index contributed by atoms with van der Waals surface area (Å²) in [5.41, 5.74) is 0. The van der Waals surface area contributed by atoms with E-state index in [2.05, 4.69) is 11.7 Å². The highest BCUT2D eigenvalue weighted by Crippen LogP contribution is 2.16. The van der Waals surface area contributed by atoms with Crippen LogP contribution in [0, 0.1) is 6.92 Å². The Morgan fingerprint density at radius 1 is 1.40 bits per heavy atom. The van der Waals surface area contributed by atoms with Crippen molar-refractivity contribution in [1.82, 2.24) is 0 Å². The Labute approximate surface area is 56.0 Å². The summed E-state index contributed by atoms with van der Waals surface area (Å²) in [6.07, 6.45) is -0.780. The van der Waals surface area contributed by atoms with E-state index in [-0.39, 0.29) is 0 Å². The second-order valence-corrected chi connectivity index (χ2v) is 1.74. The van der Waals surface area contributed by atoms with Crippen LogP contribution in [0.3, 0.4) is 0 Å². The highest BCUT2D eigenvalue weighted by atomic mass is 19.3. The third kappa shape index (κ3) is 7.68. The molecule has 61 valence electrons. The fourth-order valence-electron chi connectivity index (χ4n) is 0.297. The van der Waals surface area contributed by atoms with E-state index in [1.54, 1.807) is 0 Å². The van der Waals surface area contributed by atoms with Crippen molar-refractivity contribution in [2.45, 2.75) is 19.0 Å². The molecule has 0 rings (SSSR count). The molecule has 0 saturated carbocycles. The molecule has 0 N–H and O–H groups in total. The summed E-state index contributed by atoms with van der Waals surface area (Å²) in [5, 5.41) is 0. The van der Waals surface area contributed by atoms with Gasteiger partial charge in [0.1, 0.15) is 0 Å². The summed E-state index contributed by atoms with van der Waals surface area (Å²) in [4.78, 5) is 0. The second kappa shape index (κ2) is 3.75. The number of rotatable bonds is 4. The van der Waals surface area contributed by atoms with Gasteiger partial charge < -0.3 is 4.74 Å². The molecule has 0 aliphatic rings. The summed E-state index contributed by atoms with van der Waals surface area (Å²) in [7, 11) is 0. The molecule has 0 aromatic carbocycles. The molecular weight excluding hydrogens is 152 g/mol. The normalized spacial score (nSPS) is 12.6. The number of alkyl halides is 4. The molecule has 0 aliphatic heterocycles. The summed E-state index contributed by atoms with van der Waals surface area (Å²) in [6.45, 7) is -1.25. The topological polar surface area (TPSA) is 9.23 Å². The van der Waals surface area contributed by atoms with Crippen molar-refractivity contribution in [3.63, 3.8) is 0 Å². The van der Waals surface area contributed by atoms with E-state index in [4.69, 9.17) is 0 Å². The van der Waals surface area contributed by atoms with E-state index in [0.29, 0.717) is 0 Å². The average Bonchev–Trinajstić information content (AvgIpc) is 1.59. The molecule has 1 nitrogen and oxygen atoms in total. The van der Waals surface area contributed by atoms with Gasteiger partial charge in [-0.3, -0.25) is 0 Å². The van der Waals surface area contributed by atoms with Crippen LogP contribution in [0.4, 0.5) is 17.6 Å². The Balaban J connectivity index is 3.21. The van der Waals surface area contributed by atoms with Crippen LogP contribution in [0.5, 0.6) is 0 Å². The maximum Gasteiger partial charge on any atom is 0.345 e. The molecule has 0 aromatic rings. The van der Waals surface area contributed by atoms with Gasteiger partial charge in [0.15, 0.2) is 0 Å². The van der Waals surface area contributed by atoms with Gasteiger partial charge in [0, 0.05) is 13.3 Å². The third-order valence-electron chi connectivity index (χ3n) is 0.712. The first-order valence-corrected chi connectivity index (χ1v) is 2.55. The van der Waals surface area contributed by atoms with Crippen LogP contribution in [0.1, 0.15) is 6.42 Å². The second-order valence-electron chi connectivity index (χ2n) is 1.74. The molecule has 0 unspecified atom stereocenters. The van der Waals surface area contributed by atoms with E-state index in [1.807, 2.05) is 0 Å². The van der Waals surface area contributed by atoms with Gasteiger partial charge in [0.25, 0.3) is 5.92 Å². The van der Waals surface area contributed by atoms with Crippen molar-refractivity contribution in [3.8, 4) is 0 Å². The van der Waals surface area contributed by atoms with E-state index in [9.17, 15) is 17.6 Å².